The van der Waals surface area contributed by atoms with Crippen LogP contribution in [-0.2, 0) is 38.7 Å². The van der Waals surface area contributed by atoms with Crippen molar-refractivity contribution < 1.29 is 61.0 Å². The van der Waals surface area contributed by atoms with E-state index in [4.69, 9.17) is 24.7 Å². The second kappa shape index (κ2) is 25.8. The van der Waals surface area contributed by atoms with Crippen LogP contribution in [0.2, 0.25) is 0 Å². The molecule has 4 aliphatic heterocycles. The molecule has 2 saturated heterocycles. The number of urea groups is 1. The number of ether oxygens (including phenoxy) is 4. The molecule has 0 aliphatic carbocycles. The van der Waals surface area contributed by atoms with Gasteiger partial charge in [0.25, 0.3) is 5.69 Å². The van der Waals surface area contributed by atoms with E-state index in [1.165, 1.54) is 0 Å². The van der Waals surface area contributed by atoms with Crippen LogP contribution in [-0.4, -0.2) is 119 Å². The molecule has 28 heteroatoms. The number of thioether (sulfide) groups is 1. The van der Waals surface area contributed by atoms with Crippen molar-refractivity contribution >= 4 is 65.1 Å². The fourth-order valence-electron chi connectivity index (χ4n) is 8.54. The Balaban J connectivity index is 0.898. The SMILES string of the molecule is COc1cc(C(OC(=O)NC(CCCCNC(=O)CCC2(C)N=N2)C(=O)NCCCCC2SCC3NC(=O)NC32)C(F)(F)F)c([N+](=O)[O-])cc1OCCCC(=O)NCc1ccc(COc2nc(N)nc3c2N=CC3)cc1. The summed E-state index contributed by atoms with van der Waals surface area (Å²) in [6.07, 6.45) is -4.84. The zero-order chi connectivity index (χ0) is 54.4. The zero-order valence-electron chi connectivity index (χ0n) is 41.7. The van der Waals surface area contributed by atoms with Crippen LogP contribution in [0.5, 0.6) is 17.4 Å². The maximum absolute atomic E-state index is 14.8. The third-order valence-electron chi connectivity index (χ3n) is 12.7. The van der Waals surface area contributed by atoms with Gasteiger partial charge in [-0.15, -0.1) is 0 Å². The van der Waals surface area contributed by atoms with Crippen LogP contribution < -0.4 is 51.8 Å². The highest BCUT2D eigenvalue weighted by molar-refractivity contribution is 8.00. The number of amides is 6. The van der Waals surface area contributed by atoms with Gasteiger partial charge in [-0.25, -0.2) is 14.6 Å². The minimum atomic E-state index is -5.40. The molecule has 5 unspecified atom stereocenters. The number of fused-ring (bicyclic) bond motifs is 2. The smallest absolute Gasteiger partial charge is 0.430 e. The van der Waals surface area contributed by atoms with Gasteiger partial charge < -0.3 is 56.6 Å². The second-order valence-electron chi connectivity index (χ2n) is 18.5. The molecular weight excluding hydrogens is 1020 g/mol. The molecule has 0 bridgehead atoms. The topological polar surface area (TPSA) is 326 Å². The molecule has 0 spiro atoms. The number of aliphatic imine (C=N–C) groups is 1. The van der Waals surface area contributed by atoms with Crippen LogP contribution in [0.1, 0.15) is 99.6 Å². The fourth-order valence-corrected chi connectivity index (χ4v) is 10.1. The number of methoxy groups -OCH3 is 1. The van der Waals surface area contributed by atoms with Gasteiger partial charge >= 0.3 is 18.3 Å². The summed E-state index contributed by atoms with van der Waals surface area (Å²) >= 11 is 1.74. The normalized spacial score (nSPS) is 18.3. The minimum Gasteiger partial charge on any atom is -0.493 e. The number of anilines is 1. The van der Waals surface area contributed by atoms with Crippen molar-refractivity contribution in [3.63, 3.8) is 0 Å². The van der Waals surface area contributed by atoms with E-state index >= 15 is 0 Å². The van der Waals surface area contributed by atoms with E-state index in [0.29, 0.717) is 55.6 Å². The Morgan fingerprint density at radius 2 is 1.68 bits per heavy atom. The van der Waals surface area contributed by atoms with Crippen LogP contribution >= 0.6 is 11.8 Å². The largest absolute Gasteiger partial charge is 0.493 e. The van der Waals surface area contributed by atoms with E-state index in [2.05, 4.69) is 57.1 Å². The summed E-state index contributed by atoms with van der Waals surface area (Å²) in [6.45, 7) is 2.37. The molecule has 5 heterocycles. The third kappa shape index (κ3) is 16.0. The van der Waals surface area contributed by atoms with Gasteiger partial charge in [0.1, 0.15) is 18.3 Å². The average Bonchev–Trinajstić information content (AvgIpc) is 3.62. The molecule has 5 atom stereocenters. The number of nitro benzene ring substituents is 1. The summed E-state index contributed by atoms with van der Waals surface area (Å²) in [5, 5.41) is 36.5. The number of rotatable bonds is 29. The monoisotopic (exact) mass is 1080 g/mol. The lowest BCUT2D eigenvalue weighted by atomic mass is 10.0. The summed E-state index contributed by atoms with van der Waals surface area (Å²) in [7, 11) is 1.10. The molecule has 3 aromatic rings. The molecule has 410 valence electrons. The second-order valence-corrected chi connectivity index (χ2v) is 19.8. The Kier molecular flexibility index (Phi) is 19.1. The van der Waals surface area contributed by atoms with E-state index in [0.717, 1.165) is 30.4 Å². The number of nitro groups is 1. The summed E-state index contributed by atoms with van der Waals surface area (Å²) in [6, 6.07) is 7.12. The molecule has 24 nitrogen and oxygen atoms in total. The molecule has 8 N–H and O–H groups in total. The predicted octanol–water partition coefficient (Wildman–Crippen LogP) is 5.69. The highest BCUT2D eigenvalue weighted by atomic mass is 32.2. The number of nitrogen functional groups attached to an aromatic ring is 1. The maximum Gasteiger partial charge on any atom is 0.430 e. The number of hydrogen-bond acceptors (Lipinski definition) is 18. The summed E-state index contributed by atoms with van der Waals surface area (Å²) in [4.78, 5) is 87.3. The van der Waals surface area contributed by atoms with E-state index in [1.54, 1.807) is 24.9 Å². The van der Waals surface area contributed by atoms with Crippen LogP contribution in [0, 0.1) is 10.1 Å². The van der Waals surface area contributed by atoms with Gasteiger partial charge in [0, 0.05) is 62.5 Å². The number of carbonyl (C=O) groups excluding carboxylic acids is 5. The number of alkyl carbamates (subject to hydrolysis) is 1. The lowest BCUT2D eigenvalue weighted by molar-refractivity contribution is -0.387. The van der Waals surface area contributed by atoms with E-state index in [9.17, 15) is 47.3 Å². The van der Waals surface area contributed by atoms with Gasteiger partial charge in [-0.1, -0.05) is 30.7 Å². The van der Waals surface area contributed by atoms with Gasteiger partial charge in [-0.2, -0.15) is 40.1 Å². The van der Waals surface area contributed by atoms with E-state index in [-0.39, 0.29) is 123 Å². The van der Waals surface area contributed by atoms with Gasteiger partial charge in [0.2, 0.25) is 35.7 Å². The Morgan fingerprint density at radius 1 is 0.947 bits per heavy atom. The molecule has 76 heavy (non-hydrogen) atoms. The molecule has 2 fully saturated rings. The number of nitrogens with zero attached hydrogens (tertiary/aromatic N) is 6. The van der Waals surface area contributed by atoms with Gasteiger partial charge in [0.05, 0.1) is 48.0 Å². The third-order valence-corrected chi connectivity index (χ3v) is 14.2. The lowest BCUT2D eigenvalue weighted by Crippen LogP contribution is -2.48. The quantitative estimate of drug-likeness (QED) is 0.0190. The zero-order valence-corrected chi connectivity index (χ0v) is 42.6. The number of aromatic nitrogens is 2. The van der Waals surface area contributed by atoms with Crippen molar-refractivity contribution in [1.82, 2.24) is 41.9 Å². The number of benzene rings is 2. The number of alkyl halides is 3. The van der Waals surface area contributed by atoms with Crippen LogP contribution in [0.15, 0.2) is 51.6 Å². The lowest BCUT2D eigenvalue weighted by Gasteiger charge is -2.24. The molecule has 2 aromatic carbocycles. The first-order valence-electron chi connectivity index (χ1n) is 24.7. The summed E-state index contributed by atoms with van der Waals surface area (Å²) in [5.74, 6) is -0.801. The van der Waals surface area contributed by atoms with Crippen LogP contribution in [0.25, 0.3) is 0 Å². The first-order valence-corrected chi connectivity index (χ1v) is 25.8. The van der Waals surface area contributed by atoms with Crippen LogP contribution in [0.3, 0.4) is 0 Å². The highest BCUT2D eigenvalue weighted by Crippen LogP contribution is 2.45. The van der Waals surface area contributed by atoms with Gasteiger partial charge in [0.15, 0.2) is 17.2 Å². The first-order chi connectivity index (χ1) is 36.4. The minimum absolute atomic E-state index is 0.00276. The van der Waals surface area contributed by atoms with E-state index < -0.39 is 52.2 Å². The average molecular weight is 1080 g/mol. The molecule has 0 saturated carbocycles. The maximum atomic E-state index is 14.8. The molecule has 4 aliphatic rings. The van der Waals surface area contributed by atoms with Crippen molar-refractivity contribution in [2.75, 3.05) is 38.3 Å². The number of nitrogens with two attached hydrogens (primary N) is 1. The summed E-state index contributed by atoms with van der Waals surface area (Å²) in [5.41, 5.74) is 5.89. The Hall–Kier alpha value is -7.52. The van der Waals surface area contributed by atoms with Gasteiger partial charge in [-0.05, 0) is 62.6 Å². The van der Waals surface area contributed by atoms with Crippen molar-refractivity contribution in [2.45, 2.75) is 132 Å². The number of nitrogens with one attached hydrogen (secondary N) is 6. The first kappa shape index (κ1) is 56.2. The van der Waals surface area contributed by atoms with E-state index in [1.807, 2.05) is 24.3 Å². The standard InChI is InChI=1S/C48H60F3N13O11S/c1-47(62-63-47)17-15-38(66)53-18-5-3-8-31(42(67)55-19-6-4-9-36-39-32(26-76-36)58-45(68)60-39)59-46(69)75-41(48(49,50)51)29-22-34(72-2)35(23-33(29)64(70)71)73-21-7-10-37(65)56-24-27-11-13-28(14-12-27)25-74-43-40-30(16-20-54-40)57-44(52)61-43/h11-14,20,22-23,31-32,36,39,41H,3-10,15-19,21,24-26H2,1-2H3,(H,53,66)(H,55,67)(H,56,65)(H,59,69)(H2,52,57,61)(H2,58,60,68). The molecule has 0 radical (unpaired) electrons. The molecular formula is C48H60F3N13O11S. The Morgan fingerprint density at radius 3 is 2.42 bits per heavy atom. The number of unbranched alkanes of at least 4 members (excludes halogenated alkanes) is 2. The van der Waals surface area contributed by atoms with Crippen molar-refractivity contribution in [3.8, 4) is 17.4 Å². The molecule has 7 rings (SSSR count). The summed E-state index contributed by atoms with van der Waals surface area (Å²) < 4.78 is 66.0. The fraction of sp³-hybridized carbons (Fsp3) is 0.542. The Bertz CT molecular complexity index is 2660. The number of hydrogen-bond donors (Lipinski definition) is 7. The number of halogens is 3. The van der Waals surface area contributed by atoms with Crippen LogP contribution in [0.4, 0.5) is 40.1 Å². The van der Waals surface area contributed by atoms with Crippen molar-refractivity contribution in [1.29, 1.82) is 0 Å². The van der Waals surface area contributed by atoms with Crippen molar-refractivity contribution in [3.05, 3.63) is 68.9 Å². The number of carbonyl (C=O) groups is 5. The predicted molar refractivity (Wildman–Crippen MR) is 269 cm³/mol. The van der Waals surface area contributed by atoms with Crippen molar-refractivity contribution in [2.24, 2.45) is 15.2 Å². The van der Waals surface area contributed by atoms with Gasteiger partial charge in [-0.3, -0.25) is 29.5 Å². The molecule has 1 aromatic heterocycles. The Labute approximate surface area is 438 Å². The molecule has 6 amide bonds. The highest BCUT2D eigenvalue weighted by Gasteiger charge is 2.48.